The van der Waals surface area contributed by atoms with Gasteiger partial charge in [0.1, 0.15) is 0 Å². The Morgan fingerprint density at radius 2 is 2.00 bits per heavy atom. The summed E-state index contributed by atoms with van der Waals surface area (Å²) in [5.74, 6) is 1.73. The zero-order chi connectivity index (χ0) is 9.31. The fraction of sp³-hybridized carbons (Fsp3) is 1.00. The Morgan fingerprint density at radius 1 is 1.31 bits per heavy atom. The highest BCUT2D eigenvalue weighted by molar-refractivity contribution is 7.99. The molecule has 2 saturated heterocycles. The molecule has 2 aliphatic heterocycles. The Kier molecular flexibility index (Phi) is 2.79. The Bertz CT molecular complexity index is 180. The molecular weight excluding hydrogens is 192 g/mol. The largest absolute Gasteiger partial charge is 0.316 e. The number of nitrogens with one attached hydrogen (secondary N) is 1. The predicted octanol–water partition coefficient (Wildman–Crippen LogP) is 1.98. The maximum Gasteiger partial charge on any atom is 0.243 e. The van der Waals surface area contributed by atoms with Gasteiger partial charge in [-0.3, -0.25) is 0 Å². The number of rotatable bonds is 1. The van der Waals surface area contributed by atoms with E-state index in [1.54, 1.807) is 0 Å². The summed E-state index contributed by atoms with van der Waals surface area (Å²) in [6, 6.07) is 0. The monoisotopic (exact) mass is 207 g/mol. The number of thioether (sulfide) groups is 1. The van der Waals surface area contributed by atoms with Crippen LogP contribution < -0.4 is 5.32 Å². The average Bonchev–Trinajstić information content (AvgIpc) is 2.50. The molecule has 1 unspecified atom stereocenters. The van der Waals surface area contributed by atoms with Gasteiger partial charge >= 0.3 is 0 Å². The van der Waals surface area contributed by atoms with E-state index in [0.29, 0.717) is 6.54 Å². The Balaban J connectivity index is 2.09. The van der Waals surface area contributed by atoms with Crippen LogP contribution in [0, 0.1) is 11.3 Å². The smallest absolute Gasteiger partial charge is 0.243 e. The second-order valence-electron chi connectivity index (χ2n) is 4.05. The van der Waals surface area contributed by atoms with Crippen molar-refractivity contribution >= 4 is 11.8 Å². The van der Waals surface area contributed by atoms with Crippen molar-refractivity contribution in [1.82, 2.24) is 5.32 Å². The van der Waals surface area contributed by atoms with Gasteiger partial charge in [0.05, 0.1) is 0 Å². The van der Waals surface area contributed by atoms with Crippen LogP contribution in [0.4, 0.5) is 8.78 Å². The summed E-state index contributed by atoms with van der Waals surface area (Å²) in [7, 11) is 0. The lowest BCUT2D eigenvalue weighted by Crippen LogP contribution is -2.37. The standard InChI is InChI=1S/C9H15F2NS/c10-8(11)7-5-12-6-9(7)1-3-13-4-2-9/h7-8,12H,1-6H2. The van der Waals surface area contributed by atoms with Gasteiger partial charge in [-0.15, -0.1) is 0 Å². The minimum Gasteiger partial charge on any atom is -0.316 e. The first-order valence-electron chi connectivity index (χ1n) is 4.81. The van der Waals surface area contributed by atoms with Crippen LogP contribution in [-0.2, 0) is 0 Å². The van der Waals surface area contributed by atoms with E-state index in [1.165, 1.54) is 0 Å². The lowest BCUT2D eigenvalue weighted by molar-refractivity contribution is 0.0179. The summed E-state index contributed by atoms with van der Waals surface area (Å²) in [5, 5.41) is 3.12. The van der Waals surface area contributed by atoms with Crippen molar-refractivity contribution in [2.45, 2.75) is 19.3 Å². The van der Waals surface area contributed by atoms with Gasteiger partial charge in [0.25, 0.3) is 0 Å². The SMILES string of the molecule is FC(F)C1CNCC12CCSCC2. The van der Waals surface area contributed by atoms with Crippen LogP contribution >= 0.6 is 11.8 Å². The van der Waals surface area contributed by atoms with E-state index in [1.807, 2.05) is 11.8 Å². The van der Waals surface area contributed by atoms with Crippen LogP contribution in [-0.4, -0.2) is 31.0 Å². The molecule has 1 N–H and O–H groups in total. The third-order valence-corrected chi connectivity index (χ3v) is 4.41. The van der Waals surface area contributed by atoms with Crippen molar-refractivity contribution < 1.29 is 8.78 Å². The molecule has 0 aromatic carbocycles. The van der Waals surface area contributed by atoms with Crippen molar-refractivity contribution in [1.29, 1.82) is 0 Å². The van der Waals surface area contributed by atoms with E-state index in [0.717, 1.165) is 30.9 Å². The normalized spacial score (nSPS) is 33.0. The van der Waals surface area contributed by atoms with Gasteiger partial charge in [-0.05, 0) is 29.8 Å². The van der Waals surface area contributed by atoms with Crippen molar-refractivity contribution in [3.05, 3.63) is 0 Å². The molecule has 0 saturated carbocycles. The molecule has 2 fully saturated rings. The molecule has 2 heterocycles. The lowest BCUT2D eigenvalue weighted by atomic mass is 9.73. The topological polar surface area (TPSA) is 12.0 Å². The van der Waals surface area contributed by atoms with Crippen molar-refractivity contribution in [2.24, 2.45) is 11.3 Å². The van der Waals surface area contributed by atoms with Gasteiger partial charge in [-0.1, -0.05) is 0 Å². The second-order valence-corrected chi connectivity index (χ2v) is 5.27. The predicted molar refractivity (Wildman–Crippen MR) is 51.4 cm³/mol. The molecule has 2 rings (SSSR count). The molecule has 1 spiro atoms. The van der Waals surface area contributed by atoms with Crippen LogP contribution in [0.5, 0.6) is 0 Å². The van der Waals surface area contributed by atoms with Crippen LogP contribution in [0.2, 0.25) is 0 Å². The van der Waals surface area contributed by atoms with Gasteiger partial charge < -0.3 is 5.32 Å². The Morgan fingerprint density at radius 3 is 2.62 bits per heavy atom. The molecule has 0 aromatic rings. The van der Waals surface area contributed by atoms with E-state index in [4.69, 9.17) is 0 Å². The zero-order valence-corrected chi connectivity index (χ0v) is 8.38. The van der Waals surface area contributed by atoms with Gasteiger partial charge in [0, 0.05) is 19.0 Å². The summed E-state index contributed by atoms with van der Waals surface area (Å²) in [6.45, 7) is 1.32. The first-order chi connectivity index (χ1) is 6.25. The summed E-state index contributed by atoms with van der Waals surface area (Å²) < 4.78 is 25.4. The summed E-state index contributed by atoms with van der Waals surface area (Å²) in [6.07, 6.45) is -0.197. The Labute approximate surface area is 81.7 Å². The molecule has 1 nitrogen and oxygen atoms in total. The molecular formula is C9H15F2NS. The van der Waals surface area contributed by atoms with E-state index in [2.05, 4.69) is 5.32 Å². The molecule has 13 heavy (non-hydrogen) atoms. The molecule has 0 aromatic heterocycles. The van der Waals surface area contributed by atoms with Crippen molar-refractivity contribution in [2.75, 3.05) is 24.6 Å². The van der Waals surface area contributed by atoms with Gasteiger partial charge in [-0.25, -0.2) is 8.78 Å². The highest BCUT2D eigenvalue weighted by Gasteiger charge is 2.47. The first kappa shape index (κ1) is 9.71. The summed E-state index contributed by atoms with van der Waals surface area (Å²) in [5.41, 5.74) is -0.0700. The van der Waals surface area contributed by atoms with Crippen molar-refractivity contribution in [3.8, 4) is 0 Å². The Hall–Kier alpha value is 0.170. The fourth-order valence-corrected chi connectivity index (χ4v) is 3.81. The number of hydrogen-bond donors (Lipinski definition) is 1. The van der Waals surface area contributed by atoms with Gasteiger partial charge in [-0.2, -0.15) is 11.8 Å². The molecule has 1 atom stereocenters. The van der Waals surface area contributed by atoms with Crippen LogP contribution in [0.3, 0.4) is 0 Å². The molecule has 0 bridgehead atoms. The van der Waals surface area contributed by atoms with Gasteiger partial charge in [0.15, 0.2) is 0 Å². The number of alkyl halides is 2. The highest BCUT2D eigenvalue weighted by Crippen LogP contribution is 2.45. The maximum atomic E-state index is 12.7. The molecule has 4 heteroatoms. The first-order valence-corrected chi connectivity index (χ1v) is 5.97. The van der Waals surface area contributed by atoms with Crippen molar-refractivity contribution in [3.63, 3.8) is 0 Å². The fourth-order valence-electron chi connectivity index (χ4n) is 2.51. The molecule has 0 amide bonds. The average molecular weight is 207 g/mol. The van der Waals surface area contributed by atoms with E-state index in [-0.39, 0.29) is 5.41 Å². The molecule has 2 aliphatic rings. The van der Waals surface area contributed by atoms with E-state index >= 15 is 0 Å². The van der Waals surface area contributed by atoms with Crippen LogP contribution in [0.15, 0.2) is 0 Å². The third-order valence-electron chi connectivity index (χ3n) is 3.42. The number of hydrogen-bond acceptors (Lipinski definition) is 2. The molecule has 76 valence electrons. The quantitative estimate of drug-likeness (QED) is 0.705. The lowest BCUT2D eigenvalue weighted by Gasteiger charge is -2.37. The molecule has 0 radical (unpaired) electrons. The maximum absolute atomic E-state index is 12.7. The number of halogens is 2. The summed E-state index contributed by atoms with van der Waals surface area (Å²) >= 11 is 1.90. The van der Waals surface area contributed by atoms with Crippen LogP contribution in [0.1, 0.15) is 12.8 Å². The minimum absolute atomic E-state index is 0.0700. The highest BCUT2D eigenvalue weighted by atomic mass is 32.2. The van der Waals surface area contributed by atoms with Crippen LogP contribution in [0.25, 0.3) is 0 Å². The van der Waals surface area contributed by atoms with Gasteiger partial charge in [0.2, 0.25) is 6.43 Å². The van der Waals surface area contributed by atoms with E-state index in [9.17, 15) is 8.78 Å². The van der Waals surface area contributed by atoms with E-state index < -0.39 is 12.3 Å². The zero-order valence-electron chi connectivity index (χ0n) is 7.56. The third kappa shape index (κ3) is 1.71. The minimum atomic E-state index is -2.14. The second kappa shape index (κ2) is 3.73. The summed E-state index contributed by atoms with van der Waals surface area (Å²) in [4.78, 5) is 0. The molecule has 0 aliphatic carbocycles.